The van der Waals surface area contributed by atoms with Crippen LogP contribution in [0.25, 0.3) is 11.1 Å². The summed E-state index contributed by atoms with van der Waals surface area (Å²) in [4.78, 5) is 25.3. The number of allylic oxidation sites excluding steroid dienone is 1. The maximum absolute atomic E-state index is 12.7. The zero-order valence-electron chi connectivity index (χ0n) is 18.6. The van der Waals surface area contributed by atoms with Crippen LogP contribution in [0.2, 0.25) is 0 Å². The average Bonchev–Trinajstić information content (AvgIpc) is 2.83. The van der Waals surface area contributed by atoms with Crippen LogP contribution in [-0.2, 0) is 14.8 Å². The molecule has 0 unspecified atom stereocenters. The van der Waals surface area contributed by atoms with Gasteiger partial charge in [0.2, 0.25) is 5.91 Å². The molecule has 0 fully saturated rings. The van der Waals surface area contributed by atoms with Crippen LogP contribution in [0.1, 0.15) is 30.1 Å². The van der Waals surface area contributed by atoms with Crippen molar-refractivity contribution in [1.29, 1.82) is 0 Å². The van der Waals surface area contributed by atoms with E-state index in [1.807, 2.05) is 11.6 Å². The van der Waals surface area contributed by atoms with E-state index in [0.717, 1.165) is 11.3 Å². The number of nitrogens with zero attached hydrogens (tertiary/aromatic N) is 1. The molecule has 0 saturated heterocycles. The van der Waals surface area contributed by atoms with Gasteiger partial charge in [-0.1, -0.05) is 80.1 Å². The Bertz CT molecular complexity index is 1320. The minimum absolute atomic E-state index is 0.0109. The highest BCUT2D eigenvalue weighted by Crippen LogP contribution is 2.29. The van der Waals surface area contributed by atoms with Gasteiger partial charge in [0.05, 0.1) is 5.69 Å². The lowest BCUT2D eigenvalue weighted by Crippen LogP contribution is -2.33. The van der Waals surface area contributed by atoms with E-state index in [4.69, 9.17) is 6.42 Å². The predicted octanol–water partition coefficient (Wildman–Crippen LogP) is 4.75. The lowest BCUT2D eigenvalue weighted by atomic mass is 9.95. The molecule has 4 rings (SSSR count). The molecule has 0 saturated carbocycles. The molecule has 2 aliphatic rings. The minimum Gasteiger partial charge on any atom is -0.274 e. The molecule has 2 aromatic carbocycles. The van der Waals surface area contributed by atoms with Crippen molar-refractivity contribution in [2.24, 2.45) is 0 Å². The summed E-state index contributed by atoms with van der Waals surface area (Å²) in [6.45, 7) is 1.90. The quantitative estimate of drug-likeness (QED) is 0.239. The topological polar surface area (TPSA) is 83.6 Å². The summed E-state index contributed by atoms with van der Waals surface area (Å²) in [5, 5.41) is 0. The van der Waals surface area contributed by atoms with Gasteiger partial charge in [0, 0.05) is 18.0 Å². The van der Waals surface area contributed by atoms with Crippen LogP contribution in [-0.4, -0.2) is 20.2 Å². The zero-order valence-corrected chi connectivity index (χ0v) is 19.5. The highest BCUT2D eigenvalue weighted by molar-refractivity contribution is 7.90. The molecule has 0 bridgehead atoms. The van der Waals surface area contributed by atoms with Gasteiger partial charge in [-0.25, -0.2) is 18.0 Å². The molecule has 34 heavy (non-hydrogen) atoms. The monoisotopic (exact) mass is 472 g/mol. The normalized spacial score (nSPS) is 11.1. The van der Waals surface area contributed by atoms with Crippen molar-refractivity contribution in [3.05, 3.63) is 96.6 Å². The van der Waals surface area contributed by atoms with E-state index in [9.17, 15) is 18.0 Å². The highest BCUT2D eigenvalue weighted by atomic mass is 32.2. The molecule has 0 heterocycles. The number of nitrogens with one attached hydrogen (secondary N) is 1. The molecule has 0 spiro atoms. The van der Waals surface area contributed by atoms with Gasteiger partial charge >= 0.3 is 0 Å². The maximum Gasteiger partial charge on any atom is 0.270 e. The van der Waals surface area contributed by atoms with E-state index in [2.05, 4.69) is 30.3 Å². The van der Waals surface area contributed by atoms with Crippen LogP contribution >= 0.6 is 0 Å². The first-order valence-electron chi connectivity index (χ1n) is 10.6. The number of rotatable bonds is 7. The van der Waals surface area contributed by atoms with Crippen molar-refractivity contribution in [1.82, 2.24) is 4.72 Å². The third-order valence-electron chi connectivity index (χ3n) is 4.92. The molecule has 172 valence electrons. The third-order valence-corrected chi connectivity index (χ3v) is 6.34. The first kappa shape index (κ1) is 24.5. The number of carbonyl (C=O) groups excluding carboxylic acids is 2. The standard InChI is InChI=1S/C21H20N2O4S.C6H4/c1-3-5-7-16-20(24)22-28(26,27)19-15-11-10-14-18(19)23(4-2)21(25)17-12-8-6-9-13-17;1-2-6-4-3-5(1)6/h2,5-15H,3,16H2,1H3,(H,22,24);1-4H. The molecule has 1 N–H and O–H groups in total. The van der Waals surface area contributed by atoms with Crippen molar-refractivity contribution in [2.75, 3.05) is 4.90 Å². The van der Waals surface area contributed by atoms with Crippen molar-refractivity contribution >= 4 is 27.5 Å². The molecule has 0 aromatic heterocycles. The predicted molar refractivity (Wildman–Crippen MR) is 133 cm³/mol. The van der Waals surface area contributed by atoms with E-state index < -0.39 is 21.8 Å². The molecule has 0 atom stereocenters. The van der Waals surface area contributed by atoms with Gasteiger partial charge in [0.25, 0.3) is 15.9 Å². The van der Waals surface area contributed by atoms with Crippen LogP contribution < -0.4 is 9.62 Å². The Morgan fingerprint density at radius 2 is 1.50 bits per heavy atom. The Balaban J connectivity index is 0.000000457. The summed E-state index contributed by atoms with van der Waals surface area (Å²) in [5.74, 6) is -1.23. The molecular weight excluding hydrogens is 448 g/mol. The Morgan fingerprint density at radius 3 is 2.03 bits per heavy atom. The highest BCUT2D eigenvalue weighted by Gasteiger charge is 2.26. The number of benzene rings is 3. The summed E-state index contributed by atoms with van der Waals surface area (Å²) in [7, 11) is -4.22. The number of fused-ring (bicyclic) bond motifs is 1. The zero-order chi connectivity index (χ0) is 24.6. The lowest BCUT2D eigenvalue weighted by Gasteiger charge is -2.19. The van der Waals surface area contributed by atoms with Crippen molar-refractivity contribution < 1.29 is 18.0 Å². The number of hydrogen-bond acceptors (Lipinski definition) is 4. The average molecular weight is 473 g/mol. The first-order chi connectivity index (χ1) is 16.4. The number of terminal acetylenes is 1. The number of amides is 2. The summed E-state index contributed by atoms with van der Waals surface area (Å²) in [6.07, 6.45) is 9.52. The van der Waals surface area contributed by atoms with E-state index in [1.54, 1.807) is 48.6 Å². The molecular formula is C27H24N2O4S. The van der Waals surface area contributed by atoms with Gasteiger partial charge in [0.1, 0.15) is 4.90 Å². The van der Waals surface area contributed by atoms with Crippen LogP contribution in [0, 0.1) is 12.5 Å². The van der Waals surface area contributed by atoms with E-state index in [1.165, 1.54) is 29.3 Å². The van der Waals surface area contributed by atoms with Gasteiger partial charge in [0.15, 0.2) is 0 Å². The van der Waals surface area contributed by atoms with Gasteiger partial charge in [-0.3, -0.25) is 9.59 Å². The number of anilines is 1. The van der Waals surface area contributed by atoms with Gasteiger partial charge in [-0.15, -0.1) is 0 Å². The molecule has 2 amide bonds. The summed E-state index contributed by atoms with van der Waals surface area (Å²) >= 11 is 0. The van der Waals surface area contributed by atoms with Gasteiger partial charge < -0.3 is 0 Å². The van der Waals surface area contributed by atoms with Crippen LogP contribution in [0.15, 0.2) is 95.9 Å². The number of para-hydroxylation sites is 1. The van der Waals surface area contributed by atoms with Crippen LogP contribution in [0.5, 0.6) is 0 Å². The third kappa shape index (κ3) is 5.80. The molecule has 2 aliphatic carbocycles. The fourth-order valence-electron chi connectivity index (χ4n) is 3.08. The molecule has 0 aliphatic heterocycles. The van der Waals surface area contributed by atoms with Crippen LogP contribution in [0.3, 0.4) is 0 Å². The second kappa shape index (κ2) is 11.1. The molecule has 0 radical (unpaired) electrons. The largest absolute Gasteiger partial charge is 0.274 e. The molecule has 7 heteroatoms. The van der Waals surface area contributed by atoms with E-state index >= 15 is 0 Å². The van der Waals surface area contributed by atoms with E-state index in [0.29, 0.717) is 5.56 Å². The van der Waals surface area contributed by atoms with E-state index in [-0.39, 0.29) is 17.0 Å². The fraction of sp³-hybridized carbons (Fsp3) is 0.111. The fourth-order valence-corrected chi connectivity index (χ4v) is 4.27. The number of sulfonamides is 1. The second-order valence-electron chi connectivity index (χ2n) is 7.29. The Labute approximate surface area is 200 Å². The summed E-state index contributed by atoms with van der Waals surface area (Å²) in [6, 6.07) is 24.7. The molecule has 6 nitrogen and oxygen atoms in total. The number of carbonyl (C=O) groups is 2. The summed E-state index contributed by atoms with van der Waals surface area (Å²) in [5.41, 5.74) is 3.15. The SMILES string of the molecule is C#CN(C(=O)c1ccccc1)c1ccccc1S(=O)(=O)NC(=O)CC=CCC.c1cc2ccc1-2. The van der Waals surface area contributed by atoms with Crippen molar-refractivity contribution in [2.45, 2.75) is 24.7 Å². The van der Waals surface area contributed by atoms with Gasteiger partial charge in [-0.2, -0.15) is 0 Å². The van der Waals surface area contributed by atoms with Crippen molar-refractivity contribution in [3.63, 3.8) is 0 Å². The van der Waals surface area contributed by atoms with Crippen LogP contribution in [0.4, 0.5) is 5.69 Å². The Hall–Kier alpha value is -4.15. The Kier molecular flexibility index (Phi) is 8.01. The Morgan fingerprint density at radius 1 is 0.912 bits per heavy atom. The van der Waals surface area contributed by atoms with Gasteiger partial charge in [-0.05, 0) is 41.8 Å². The molecule has 2 aromatic rings. The first-order valence-corrected chi connectivity index (χ1v) is 12.1. The number of hydrogen-bond donors (Lipinski definition) is 1. The maximum atomic E-state index is 12.7. The summed E-state index contributed by atoms with van der Waals surface area (Å²) < 4.78 is 27.4. The van der Waals surface area contributed by atoms with Crippen molar-refractivity contribution in [3.8, 4) is 23.6 Å². The second-order valence-corrected chi connectivity index (χ2v) is 8.94. The lowest BCUT2D eigenvalue weighted by molar-refractivity contribution is -0.118. The minimum atomic E-state index is -4.22. The smallest absolute Gasteiger partial charge is 0.270 e.